The standard InChI is InChI=1S/C40H53F3N6O10S/c1-21-11-9-10-12-23-19-39(23,35(52)48-60(54,55)38(6)13-14-38)47-32(50)27-16-24(20-49(27)34(51)30(22(2)15-21)46-36(53)59-37(3,4)5)58-29-18-26-25(17-28(29)56-7)44-31(40(41,42)43)33(45-26)57-8/h10,12,17-18,21-24,27,30H,9,11,13-16,19-20H2,1-8H3,(H,46,53)(H,47,50)(H,48,52)/b12-10-/t21-,22+,23?,24+,27-,30-,39+/m0/s1. The number of aromatic nitrogens is 2. The number of methoxy groups -OCH3 is 2. The van der Waals surface area contributed by atoms with Crippen LogP contribution in [0.15, 0.2) is 24.3 Å². The van der Waals surface area contributed by atoms with Crippen LogP contribution in [0, 0.1) is 17.8 Å². The van der Waals surface area contributed by atoms with Crippen molar-refractivity contribution in [2.75, 3.05) is 20.8 Å². The summed E-state index contributed by atoms with van der Waals surface area (Å²) < 4.78 is 91.0. The lowest BCUT2D eigenvalue weighted by Gasteiger charge is -2.33. The van der Waals surface area contributed by atoms with Crippen LogP contribution in [0.25, 0.3) is 11.0 Å². The van der Waals surface area contributed by atoms with E-state index in [1.165, 1.54) is 24.1 Å². The number of ether oxygens (including phenoxy) is 4. The first-order valence-electron chi connectivity index (χ1n) is 19.9. The lowest BCUT2D eigenvalue weighted by Crippen LogP contribution is -2.59. The van der Waals surface area contributed by atoms with Gasteiger partial charge in [-0.2, -0.15) is 13.2 Å². The number of amides is 4. The summed E-state index contributed by atoms with van der Waals surface area (Å²) in [5.74, 6) is -3.97. The Labute approximate surface area is 346 Å². The molecule has 3 heterocycles. The Morgan fingerprint density at radius 3 is 2.28 bits per heavy atom. The van der Waals surface area contributed by atoms with Gasteiger partial charge in [0.1, 0.15) is 29.3 Å². The highest BCUT2D eigenvalue weighted by Crippen LogP contribution is 2.48. The van der Waals surface area contributed by atoms with Crippen molar-refractivity contribution in [3.05, 3.63) is 30.0 Å². The molecule has 7 atom stereocenters. The summed E-state index contributed by atoms with van der Waals surface area (Å²) in [6.45, 7) is 10.2. The number of fused-ring (bicyclic) bond motifs is 3. The Kier molecular flexibility index (Phi) is 12.1. The molecule has 4 amide bonds. The molecule has 6 rings (SSSR count). The van der Waals surface area contributed by atoms with Crippen molar-refractivity contribution < 1.29 is 59.7 Å². The fraction of sp³-hybridized carbons (Fsp3) is 0.650. The summed E-state index contributed by atoms with van der Waals surface area (Å²) in [7, 11) is -1.78. The van der Waals surface area contributed by atoms with E-state index >= 15 is 0 Å². The second kappa shape index (κ2) is 16.2. The van der Waals surface area contributed by atoms with E-state index in [0.717, 1.165) is 7.11 Å². The second-order valence-corrected chi connectivity index (χ2v) is 19.9. The number of benzene rings is 1. The normalized spacial score (nSPS) is 28.8. The van der Waals surface area contributed by atoms with Crippen molar-refractivity contribution in [3.63, 3.8) is 0 Å². The highest BCUT2D eigenvalue weighted by atomic mass is 32.2. The summed E-state index contributed by atoms with van der Waals surface area (Å²) in [6.07, 6.45) is -0.434. The molecule has 2 aliphatic carbocycles. The van der Waals surface area contributed by atoms with E-state index in [1.54, 1.807) is 33.8 Å². The first kappa shape index (κ1) is 44.7. The molecule has 330 valence electrons. The zero-order valence-electron chi connectivity index (χ0n) is 34.9. The van der Waals surface area contributed by atoms with Crippen molar-refractivity contribution in [1.29, 1.82) is 0 Å². The Morgan fingerprint density at radius 2 is 1.67 bits per heavy atom. The fourth-order valence-corrected chi connectivity index (χ4v) is 9.15. The summed E-state index contributed by atoms with van der Waals surface area (Å²) in [5.41, 5.74) is -4.07. The van der Waals surface area contributed by atoms with Crippen LogP contribution in [0.2, 0.25) is 0 Å². The number of nitrogens with one attached hydrogen (secondary N) is 3. The van der Waals surface area contributed by atoms with Crippen LogP contribution in [0.4, 0.5) is 18.0 Å². The monoisotopic (exact) mass is 866 g/mol. The molecule has 1 unspecified atom stereocenters. The minimum atomic E-state index is -4.87. The van der Waals surface area contributed by atoms with Gasteiger partial charge in [0.05, 0.1) is 36.5 Å². The fourth-order valence-electron chi connectivity index (χ4n) is 7.84. The molecule has 2 saturated carbocycles. The van der Waals surface area contributed by atoms with Crippen LogP contribution in [-0.4, -0.2) is 102 Å². The number of hydrogen-bond acceptors (Lipinski definition) is 12. The molecule has 1 aromatic heterocycles. The Morgan fingerprint density at radius 1 is 1.00 bits per heavy atom. The molecular formula is C40H53F3N6O10S. The van der Waals surface area contributed by atoms with Gasteiger partial charge in [-0.1, -0.05) is 26.0 Å². The summed E-state index contributed by atoms with van der Waals surface area (Å²) in [6, 6.07) is 0.0438. The zero-order valence-corrected chi connectivity index (χ0v) is 35.7. The SMILES string of the molecule is COc1cc2nc(C(F)(F)F)c(OC)nc2cc1O[C@@H]1C[C@H]2C(=O)N[C@]3(C(=O)NS(=O)(=O)C4(C)CC4)CC3/C=C\CC[C@H](C)C[C@@H](C)[C@H](NC(=O)OC(C)(C)C)C(=O)N2C1. The smallest absolute Gasteiger partial charge is 0.438 e. The molecule has 3 fully saturated rings. The molecule has 16 nitrogen and oxygen atoms in total. The first-order chi connectivity index (χ1) is 27.9. The number of sulfonamides is 1. The minimum absolute atomic E-state index is 0.00866. The molecule has 1 saturated heterocycles. The number of nitrogens with zero attached hydrogens (tertiary/aromatic N) is 3. The second-order valence-electron chi connectivity index (χ2n) is 17.7. The number of carbonyl (C=O) groups excluding carboxylic acids is 4. The van der Waals surface area contributed by atoms with Crippen molar-refractivity contribution in [3.8, 4) is 17.4 Å². The van der Waals surface area contributed by atoms with Gasteiger partial charge in [-0.25, -0.2) is 23.2 Å². The largest absolute Gasteiger partial charge is 0.493 e. The minimum Gasteiger partial charge on any atom is -0.493 e. The molecule has 1 aromatic carbocycles. The molecule has 0 spiro atoms. The highest BCUT2D eigenvalue weighted by Gasteiger charge is 2.63. The topological polar surface area (TPSA) is 204 Å². The van der Waals surface area contributed by atoms with Crippen LogP contribution in [0.5, 0.6) is 17.4 Å². The quantitative estimate of drug-likeness (QED) is 0.307. The number of halogens is 3. The van der Waals surface area contributed by atoms with E-state index in [0.29, 0.717) is 32.1 Å². The van der Waals surface area contributed by atoms with Gasteiger partial charge in [0.25, 0.3) is 5.91 Å². The molecule has 2 aromatic rings. The first-order valence-corrected chi connectivity index (χ1v) is 21.4. The van der Waals surface area contributed by atoms with Crippen LogP contribution in [-0.2, 0) is 35.3 Å². The van der Waals surface area contributed by atoms with Gasteiger partial charge in [0.15, 0.2) is 11.5 Å². The van der Waals surface area contributed by atoms with E-state index in [1.807, 2.05) is 19.9 Å². The molecule has 60 heavy (non-hydrogen) atoms. The van der Waals surface area contributed by atoms with E-state index in [2.05, 4.69) is 25.3 Å². The van der Waals surface area contributed by atoms with Gasteiger partial charge in [0, 0.05) is 24.5 Å². The van der Waals surface area contributed by atoms with Crippen LogP contribution < -0.4 is 29.6 Å². The number of carbonyl (C=O) groups is 4. The average molecular weight is 867 g/mol. The van der Waals surface area contributed by atoms with Gasteiger partial charge in [0.2, 0.25) is 33.4 Å². The third-order valence-electron chi connectivity index (χ3n) is 11.6. The zero-order chi connectivity index (χ0) is 44.2. The Hall–Kier alpha value is -4.88. The molecule has 3 N–H and O–H groups in total. The lowest BCUT2D eigenvalue weighted by molar-refractivity contribution is -0.142. The summed E-state index contributed by atoms with van der Waals surface area (Å²) in [5, 5.41) is 5.55. The third kappa shape index (κ3) is 9.37. The maximum Gasteiger partial charge on any atom is 0.438 e. The lowest BCUT2D eigenvalue weighted by atomic mass is 9.88. The molecule has 0 bridgehead atoms. The maximum absolute atomic E-state index is 14.8. The highest BCUT2D eigenvalue weighted by molar-refractivity contribution is 7.91. The average Bonchev–Trinajstić information content (AvgIpc) is 4.03. The molecule has 4 aliphatic rings. The number of rotatable bonds is 8. The van der Waals surface area contributed by atoms with E-state index < -0.39 is 97.5 Å². The Balaban J connectivity index is 1.37. The molecule has 2 aliphatic heterocycles. The van der Waals surface area contributed by atoms with Crippen molar-refractivity contribution in [2.45, 2.75) is 127 Å². The van der Waals surface area contributed by atoms with E-state index in [9.17, 15) is 40.8 Å². The summed E-state index contributed by atoms with van der Waals surface area (Å²) in [4.78, 5) is 65.5. The number of hydrogen-bond donors (Lipinski definition) is 3. The van der Waals surface area contributed by atoms with Gasteiger partial charge in [-0.05, 0) is 78.1 Å². The predicted octanol–water partition coefficient (Wildman–Crippen LogP) is 4.79. The predicted molar refractivity (Wildman–Crippen MR) is 210 cm³/mol. The van der Waals surface area contributed by atoms with Crippen LogP contribution in [0.3, 0.4) is 0 Å². The van der Waals surface area contributed by atoms with Crippen molar-refractivity contribution in [1.82, 2.24) is 30.2 Å². The van der Waals surface area contributed by atoms with Crippen LogP contribution >= 0.6 is 0 Å². The van der Waals surface area contributed by atoms with E-state index in [-0.39, 0.29) is 47.8 Å². The molecular weight excluding hydrogens is 814 g/mol. The molecule has 20 heteroatoms. The van der Waals surface area contributed by atoms with Gasteiger partial charge < -0.3 is 34.5 Å². The van der Waals surface area contributed by atoms with Crippen molar-refractivity contribution in [2.24, 2.45) is 17.8 Å². The third-order valence-corrected chi connectivity index (χ3v) is 13.8. The van der Waals surface area contributed by atoms with Gasteiger partial charge >= 0.3 is 12.3 Å². The Bertz CT molecular complexity index is 2180. The summed E-state index contributed by atoms with van der Waals surface area (Å²) >= 11 is 0. The number of alkyl carbamates (subject to hydrolysis) is 1. The maximum atomic E-state index is 14.8. The van der Waals surface area contributed by atoms with Gasteiger partial charge in [-0.15, -0.1) is 0 Å². The van der Waals surface area contributed by atoms with Crippen molar-refractivity contribution >= 4 is 44.9 Å². The number of alkyl halides is 3. The van der Waals surface area contributed by atoms with E-state index in [4.69, 9.17) is 18.9 Å². The van der Waals surface area contributed by atoms with Crippen LogP contribution in [0.1, 0.15) is 92.2 Å². The number of allylic oxidation sites excluding steroid dienone is 1. The van der Waals surface area contributed by atoms with Gasteiger partial charge in [-0.3, -0.25) is 19.1 Å². The molecule has 0 radical (unpaired) electrons.